The maximum atomic E-state index is 5.41. The first kappa shape index (κ1) is 22.2. The molecule has 0 aliphatic rings. The van der Waals surface area contributed by atoms with E-state index in [9.17, 15) is 0 Å². The van der Waals surface area contributed by atoms with Crippen molar-refractivity contribution < 1.29 is 18.9 Å². The van der Waals surface area contributed by atoms with Crippen LogP contribution in [0.2, 0.25) is 0 Å². The van der Waals surface area contributed by atoms with Crippen molar-refractivity contribution >= 4 is 5.96 Å². The number of benzene rings is 2. The molecular formula is C22H31N3O4. The van der Waals surface area contributed by atoms with Gasteiger partial charge in [0.05, 0.1) is 35.0 Å². The van der Waals surface area contributed by atoms with Gasteiger partial charge in [0.1, 0.15) is 5.75 Å². The number of rotatable bonds is 10. The number of nitrogens with zero attached hydrogens (tertiary/aromatic N) is 1. The van der Waals surface area contributed by atoms with E-state index in [1.807, 2.05) is 31.2 Å². The number of methoxy groups -OCH3 is 4. The molecule has 0 saturated carbocycles. The summed E-state index contributed by atoms with van der Waals surface area (Å²) in [5.74, 6) is 3.44. The molecule has 0 aliphatic carbocycles. The molecule has 0 spiro atoms. The maximum Gasteiger partial charge on any atom is 0.203 e. The number of nitrogens with one attached hydrogen (secondary N) is 2. The second-order valence-electron chi connectivity index (χ2n) is 6.25. The van der Waals surface area contributed by atoms with Gasteiger partial charge < -0.3 is 29.6 Å². The van der Waals surface area contributed by atoms with Crippen molar-refractivity contribution in [1.82, 2.24) is 10.6 Å². The molecule has 0 saturated heterocycles. The van der Waals surface area contributed by atoms with E-state index in [0.717, 1.165) is 36.8 Å². The van der Waals surface area contributed by atoms with Gasteiger partial charge in [-0.25, -0.2) is 4.99 Å². The van der Waals surface area contributed by atoms with Crippen molar-refractivity contribution in [3.8, 4) is 23.0 Å². The third-order valence-corrected chi connectivity index (χ3v) is 4.35. The molecule has 0 aliphatic heterocycles. The molecule has 2 rings (SSSR count). The van der Waals surface area contributed by atoms with E-state index in [4.69, 9.17) is 18.9 Å². The Balaban J connectivity index is 2.02. The summed E-state index contributed by atoms with van der Waals surface area (Å²) in [5.41, 5.74) is 2.20. The monoisotopic (exact) mass is 401 g/mol. The number of hydrogen-bond donors (Lipinski definition) is 2. The van der Waals surface area contributed by atoms with Crippen molar-refractivity contribution in [2.24, 2.45) is 4.99 Å². The lowest BCUT2D eigenvalue weighted by Gasteiger charge is -2.14. The van der Waals surface area contributed by atoms with Gasteiger partial charge in [-0.2, -0.15) is 0 Å². The van der Waals surface area contributed by atoms with Crippen LogP contribution in [0.3, 0.4) is 0 Å². The lowest BCUT2D eigenvalue weighted by atomic mass is 10.1. The minimum atomic E-state index is 0.481. The fourth-order valence-electron chi connectivity index (χ4n) is 2.86. The standard InChI is InChI=1S/C22H31N3O4/c1-6-23-22(24-12-11-16-7-9-18(26-2)10-8-16)25-15-17-13-19(27-3)21(29-5)20(14-17)28-4/h7-10,13-14H,6,11-12,15H2,1-5H3,(H2,23,24,25). The predicted molar refractivity (Wildman–Crippen MR) is 116 cm³/mol. The van der Waals surface area contributed by atoms with Gasteiger partial charge in [-0.05, 0) is 48.7 Å². The third kappa shape index (κ3) is 6.48. The van der Waals surface area contributed by atoms with E-state index in [0.29, 0.717) is 23.8 Å². The maximum absolute atomic E-state index is 5.41. The molecular weight excluding hydrogens is 370 g/mol. The summed E-state index contributed by atoms with van der Waals surface area (Å²) in [4.78, 5) is 4.67. The average molecular weight is 402 g/mol. The van der Waals surface area contributed by atoms with Crippen molar-refractivity contribution in [2.45, 2.75) is 19.9 Å². The van der Waals surface area contributed by atoms with Crippen molar-refractivity contribution in [3.63, 3.8) is 0 Å². The zero-order chi connectivity index (χ0) is 21.1. The molecule has 0 fully saturated rings. The SMILES string of the molecule is CCNC(=NCc1cc(OC)c(OC)c(OC)c1)NCCc1ccc(OC)cc1. The first-order chi connectivity index (χ1) is 14.1. The summed E-state index contributed by atoms with van der Waals surface area (Å²) in [7, 11) is 6.47. The molecule has 7 nitrogen and oxygen atoms in total. The Hall–Kier alpha value is -3.09. The van der Waals surface area contributed by atoms with Crippen molar-refractivity contribution in [2.75, 3.05) is 41.5 Å². The molecule has 158 valence electrons. The zero-order valence-corrected chi connectivity index (χ0v) is 17.9. The van der Waals surface area contributed by atoms with Gasteiger partial charge in [0.25, 0.3) is 0 Å². The van der Waals surface area contributed by atoms with E-state index >= 15 is 0 Å². The Morgan fingerprint density at radius 2 is 1.48 bits per heavy atom. The summed E-state index contributed by atoms with van der Waals surface area (Å²) in [5, 5.41) is 6.64. The van der Waals surface area contributed by atoms with Crippen LogP contribution in [0.4, 0.5) is 0 Å². The van der Waals surface area contributed by atoms with Crippen LogP contribution >= 0.6 is 0 Å². The topological polar surface area (TPSA) is 73.3 Å². The van der Waals surface area contributed by atoms with Gasteiger partial charge in [0, 0.05) is 13.1 Å². The molecule has 0 bridgehead atoms. The Bertz CT molecular complexity index is 766. The lowest BCUT2D eigenvalue weighted by molar-refractivity contribution is 0.324. The van der Waals surface area contributed by atoms with Gasteiger partial charge in [-0.3, -0.25) is 0 Å². The number of guanidine groups is 1. The first-order valence-electron chi connectivity index (χ1n) is 9.59. The second-order valence-corrected chi connectivity index (χ2v) is 6.25. The summed E-state index contributed by atoms with van der Waals surface area (Å²) in [6.07, 6.45) is 0.887. The quantitative estimate of drug-likeness (QED) is 0.471. The van der Waals surface area contributed by atoms with Gasteiger partial charge in [0.15, 0.2) is 17.5 Å². The first-order valence-corrected chi connectivity index (χ1v) is 9.59. The fraction of sp³-hybridized carbons (Fsp3) is 0.409. The molecule has 7 heteroatoms. The van der Waals surface area contributed by atoms with Crippen LogP contribution in [-0.2, 0) is 13.0 Å². The highest BCUT2D eigenvalue weighted by molar-refractivity contribution is 5.79. The highest BCUT2D eigenvalue weighted by Gasteiger charge is 2.13. The smallest absolute Gasteiger partial charge is 0.203 e. The Morgan fingerprint density at radius 1 is 0.828 bits per heavy atom. The molecule has 2 N–H and O–H groups in total. The molecule has 0 amide bonds. The van der Waals surface area contributed by atoms with Crippen molar-refractivity contribution in [3.05, 3.63) is 47.5 Å². The molecule has 0 unspecified atom stereocenters. The molecule has 2 aromatic carbocycles. The number of ether oxygens (including phenoxy) is 4. The van der Waals surface area contributed by atoms with Crippen LogP contribution in [0, 0.1) is 0 Å². The van der Waals surface area contributed by atoms with Crippen molar-refractivity contribution in [1.29, 1.82) is 0 Å². The zero-order valence-electron chi connectivity index (χ0n) is 17.9. The van der Waals surface area contributed by atoms with E-state index in [2.05, 4.69) is 27.8 Å². The average Bonchev–Trinajstić information content (AvgIpc) is 2.77. The second kappa shape index (κ2) is 11.7. The fourth-order valence-corrected chi connectivity index (χ4v) is 2.86. The summed E-state index contributed by atoms with van der Waals surface area (Å²) in [6.45, 7) is 4.08. The Labute approximate surface area is 173 Å². The largest absolute Gasteiger partial charge is 0.497 e. The van der Waals surface area contributed by atoms with E-state index in [1.54, 1.807) is 28.4 Å². The lowest BCUT2D eigenvalue weighted by Crippen LogP contribution is -2.38. The summed E-state index contributed by atoms with van der Waals surface area (Å²) in [6, 6.07) is 11.9. The van der Waals surface area contributed by atoms with Gasteiger partial charge in [0.2, 0.25) is 5.75 Å². The minimum Gasteiger partial charge on any atom is -0.497 e. The van der Waals surface area contributed by atoms with E-state index < -0.39 is 0 Å². The van der Waals surface area contributed by atoms with E-state index in [1.165, 1.54) is 5.56 Å². The van der Waals surface area contributed by atoms with Gasteiger partial charge in [-0.1, -0.05) is 12.1 Å². The molecule has 0 radical (unpaired) electrons. The van der Waals surface area contributed by atoms with Crippen LogP contribution in [0.25, 0.3) is 0 Å². The van der Waals surface area contributed by atoms with Crippen LogP contribution in [-0.4, -0.2) is 47.5 Å². The number of hydrogen-bond acceptors (Lipinski definition) is 5. The molecule has 0 atom stereocenters. The Kier molecular flexibility index (Phi) is 8.95. The van der Waals surface area contributed by atoms with E-state index in [-0.39, 0.29) is 0 Å². The van der Waals surface area contributed by atoms with Crippen LogP contribution < -0.4 is 29.6 Å². The van der Waals surface area contributed by atoms with Gasteiger partial charge in [-0.15, -0.1) is 0 Å². The molecule has 29 heavy (non-hydrogen) atoms. The highest BCUT2D eigenvalue weighted by Crippen LogP contribution is 2.38. The highest BCUT2D eigenvalue weighted by atomic mass is 16.5. The molecule has 2 aromatic rings. The minimum absolute atomic E-state index is 0.481. The summed E-state index contributed by atoms with van der Waals surface area (Å²) >= 11 is 0. The third-order valence-electron chi connectivity index (χ3n) is 4.35. The Morgan fingerprint density at radius 3 is 2.00 bits per heavy atom. The van der Waals surface area contributed by atoms with Crippen LogP contribution in [0.5, 0.6) is 23.0 Å². The molecule has 0 aromatic heterocycles. The van der Waals surface area contributed by atoms with Gasteiger partial charge >= 0.3 is 0 Å². The summed E-state index contributed by atoms with van der Waals surface area (Å²) < 4.78 is 21.4. The molecule has 0 heterocycles. The normalized spacial score (nSPS) is 11.0. The number of aliphatic imine (C=N–C) groups is 1. The van der Waals surface area contributed by atoms with Crippen LogP contribution in [0.1, 0.15) is 18.1 Å². The van der Waals surface area contributed by atoms with Crippen LogP contribution in [0.15, 0.2) is 41.4 Å². The predicted octanol–water partition coefficient (Wildman–Crippen LogP) is 3.02.